The minimum Gasteiger partial charge on any atom is -0.508 e. The second kappa shape index (κ2) is 5.96. The normalized spacial score (nSPS) is 36.3. The van der Waals surface area contributed by atoms with Gasteiger partial charge >= 0.3 is 0 Å². The summed E-state index contributed by atoms with van der Waals surface area (Å²) in [5, 5.41) is 25.3. The third-order valence-electron chi connectivity index (χ3n) is 7.77. The van der Waals surface area contributed by atoms with Crippen molar-refractivity contribution < 1.29 is 10.2 Å². The van der Waals surface area contributed by atoms with Crippen LogP contribution in [0.4, 0.5) is 0 Å². The lowest BCUT2D eigenvalue weighted by molar-refractivity contribution is -0.0158. The maximum absolute atomic E-state index is 11.2. The smallest absolute Gasteiger partial charge is 0.115 e. The van der Waals surface area contributed by atoms with Gasteiger partial charge in [-0.05, 0) is 90.8 Å². The molecule has 2 aromatic rings. The molecule has 4 heteroatoms. The summed E-state index contributed by atoms with van der Waals surface area (Å²) in [5.41, 5.74) is 4.96. The van der Waals surface area contributed by atoms with Crippen molar-refractivity contribution in [1.82, 2.24) is 9.78 Å². The summed E-state index contributed by atoms with van der Waals surface area (Å²) in [5.74, 6) is 2.08. The second-order valence-electron chi connectivity index (χ2n) is 9.05. The average molecular weight is 364 g/mol. The Balaban J connectivity index is 1.50. The quantitative estimate of drug-likeness (QED) is 0.803. The van der Waals surface area contributed by atoms with E-state index < -0.39 is 0 Å². The zero-order valence-corrected chi connectivity index (χ0v) is 16.1. The minimum absolute atomic E-state index is 0.0278. The summed E-state index contributed by atoms with van der Waals surface area (Å²) in [6, 6.07) is 7.95. The lowest BCUT2D eigenvalue weighted by Gasteiger charge is -2.49. The predicted molar refractivity (Wildman–Crippen MR) is 105 cm³/mol. The first-order chi connectivity index (χ1) is 13.0. The van der Waals surface area contributed by atoms with Crippen LogP contribution >= 0.6 is 0 Å². The highest BCUT2D eigenvalue weighted by Crippen LogP contribution is 2.62. The van der Waals surface area contributed by atoms with Gasteiger partial charge in [0.1, 0.15) is 5.75 Å². The molecule has 3 aliphatic carbocycles. The van der Waals surface area contributed by atoms with E-state index in [4.69, 9.17) is 0 Å². The number of phenols is 1. The number of hydrogen-bond acceptors (Lipinski definition) is 3. The Labute approximate surface area is 160 Å². The van der Waals surface area contributed by atoms with Crippen molar-refractivity contribution in [2.24, 2.45) is 24.3 Å². The summed E-state index contributed by atoms with van der Waals surface area (Å²) < 4.78 is 1.87. The molecule has 4 nitrogen and oxygen atoms in total. The highest BCUT2D eigenvalue weighted by molar-refractivity contribution is 5.52. The van der Waals surface area contributed by atoms with Crippen LogP contribution in [0, 0.1) is 17.3 Å². The van der Waals surface area contributed by atoms with E-state index in [9.17, 15) is 10.2 Å². The number of aromatic hydroxyl groups is 1. The Morgan fingerprint density at radius 1 is 1.26 bits per heavy atom. The molecule has 27 heavy (non-hydrogen) atoms. The van der Waals surface area contributed by atoms with Gasteiger partial charge < -0.3 is 10.2 Å². The van der Waals surface area contributed by atoms with E-state index >= 15 is 0 Å². The number of nitrogens with zero attached hydrogens (tertiary/aromatic N) is 2. The van der Waals surface area contributed by atoms with Crippen LogP contribution in [0.25, 0.3) is 6.08 Å². The van der Waals surface area contributed by atoms with Gasteiger partial charge in [-0.15, -0.1) is 0 Å². The molecule has 1 heterocycles. The van der Waals surface area contributed by atoms with Gasteiger partial charge in [0.05, 0.1) is 11.8 Å². The Bertz CT molecular complexity index is 915. The van der Waals surface area contributed by atoms with Crippen LogP contribution in [0.2, 0.25) is 0 Å². The van der Waals surface area contributed by atoms with Gasteiger partial charge in [-0.1, -0.05) is 13.0 Å². The largest absolute Gasteiger partial charge is 0.508 e. The number of hydrogen-bond donors (Lipinski definition) is 2. The van der Waals surface area contributed by atoms with Crippen LogP contribution < -0.4 is 0 Å². The summed E-state index contributed by atoms with van der Waals surface area (Å²) in [7, 11) is 1.95. The number of aromatic nitrogens is 2. The van der Waals surface area contributed by atoms with Crippen LogP contribution in [-0.2, 0) is 13.5 Å². The van der Waals surface area contributed by atoms with E-state index in [-0.39, 0.29) is 11.5 Å². The van der Waals surface area contributed by atoms with Gasteiger partial charge in [0.2, 0.25) is 0 Å². The highest BCUT2D eigenvalue weighted by Gasteiger charge is 2.56. The Morgan fingerprint density at radius 3 is 2.89 bits per heavy atom. The van der Waals surface area contributed by atoms with Crippen LogP contribution in [0.3, 0.4) is 0 Å². The Hall–Kier alpha value is -2.07. The first-order valence-corrected chi connectivity index (χ1v) is 10.2. The van der Waals surface area contributed by atoms with Crippen molar-refractivity contribution in [3.05, 3.63) is 52.9 Å². The summed E-state index contributed by atoms with van der Waals surface area (Å²) >= 11 is 0. The number of aliphatic hydroxyl groups excluding tert-OH is 1. The fourth-order valence-electron chi connectivity index (χ4n) is 6.28. The molecule has 142 valence electrons. The molecule has 2 N–H and O–H groups in total. The van der Waals surface area contributed by atoms with Crippen LogP contribution in [0.1, 0.15) is 55.3 Å². The molecule has 5 unspecified atom stereocenters. The molecule has 5 rings (SSSR count). The summed E-state index contributed by atoms with van der Waals surface area (Å²) in [4.78, 5) is 0. The van der Waals surface area contributed by atoms with Crippen LogP contribution in [0.15, 0.2) is 36.0 Å². The number of phenolic OH excluding ortho intramolecular Hbond substituents is 1. The molecule has 3 aliphatic rings. The van der Waals surface area contributed by atoms with Crippen molar-refractivity contribution in [1.29, 1.82) is 0 Å². The fraction of sp³-hybridized carbons (Fsp3) is 0.522. The number of aliphatic hydroxyl groups is 1. The molecule has 0 aliphatic heterocycles. The molecule has 1 aromatic heterocycles. The van der Waals surface area contributed by atoms with E-state index in [0.29, 0.717) is 23.5 Å². The fourth-order valence-corrected chi connectivity index (χ4v) is 6.28. The average Bonchev–Trinajstić information content (AvgIpc) is 3.17. The van der Waals surface area contributed by atoms with E-state index in [2.05, 4.69) is 24.2 Å². The van der Waals surface area contributed by atoms with Crippen molar-refractivity contribution in [2.45, 2.75) is 51.0 Å². The molecule has 1 aromatic carbocycles. The van der Waals surface area contributed by atoms with Crippen molar-refractivity contribution in [2.75, 3.05) is 0 Å². The van der Waals surface area contributed by atoms with E-state index in [1.807, 2.05) is 36.1 Å². The van der Waals surface area contributed by atoms with Crippen molar-refractivity contribution in [3.8, 4) is 5.75 Å². The summed E-state index contributed by atoms with van der Waals surface area (Å²) in [6.45, 7) is 2.30. The van der Waals surface area contributed by atoms with Crippen LogP contribution in [-0.4, -0.2) is 26.1 Å². The molecule has 0 saturated heterocycles. The lowest BCUT2D eigenvalue weighted by atomic mass is 9.55. The maximum Gasteiger partial charge on any atom is 0.115 e. The molecular formula is C23H28N2O2. The molecular weight excluding hydrogens is 336 g/mol. The second-order valence-corrected chi connectivity index (χ2v) is 9.05. The van der Waals surface area contributed by atoms with Gasteiger partial charge in [0.15, 0.2) is 0 Å². The van der Waals surface area contributed by atoms with Gasteiger partial charge in [-0.3, -0.25) is 4.68 Å². The predicted octanol–water partition coefficient (Wildman–Crippen LogP) is 4.04. The molecule has 2 saturated carbocycles. The van der Waals surface area contributed by atoms with Crippen molar-refractivity contribution >= 4 is 6.08 Å². The number of rotatable bonds is 1. The monoisotopic (exact) mass is 364 g/mol. The molecule has 2 fully saturated rings. The Morgan fingerprint density at radius 2 is 2.11 bits per heavy atom. The maximum atomic E-state index is 11.2. The highest BCUT2D eigenvalue weighted by atomic mass is 16.3. The Kier molecular flexibility index (Phi) is 3.77. The van der Waals surface area contributed by atoms with E-state index in [0.717, 1.165) is 37.8 Å². The molecule has 0 spiro atoms. The van der Waals surface area contributed by atoms with Gasteiger partial charge in [-0.25, -0.2) is 0 Å². The van der Waals surface area contributed by atoms with Gasteiger partial charge in [-0.2, -0.15) is 5.10 Å². The molecule has 5 atom stereocenters. The van der Waals surface area contributed by atoms with E-state index in [1.54, 1.807) is 0 Å². The molecule has 0 amide bonds. The molecule has 0 radical (unpaired) electrons. The topological polar surface area (TPSA) is 58.3 Å². The molecule has 0 bridgehead atoms. The zero-order valence-electron chi connectivity index (χ0n) is 16.1. The van der Waals surface area contributed by atoms with Gasteiger partial charge in [0, 0.05) is 18.7 Å². The zero-order chi connectivity index (χ0) is 18.8. The summed E-state index contributed by atoms with van der Waals surface area (Å²) in [6.07, 6.45) is 8.98. The van der Waals surface area contributed by atoms with Gasteiger partial charge in [0.25, 0.3) is 0 Å². The first kappa shape index (κ1) is 17.1. The number of aryl methyl sites for hydroxylation is 2. The SMILES string of the molecule is Cn1nccc1C=C1CC2C3CCc4cc(O)ccc4C3CCC2(C)C1O. The van der Waals surface area contributed by atoms with E-state index in [1.165, 1.54) is 16.7 Å². The number of fused-ring (bicyclic) bond motifs is 5. The third-order valence-corrected chi connectivity index (χ3v) is 7.77. The minimum atomic E-state index is -0.362. The standard InChI is InChI=1S/C23H28N2O2/c1-23-9-7-19-18-6-4-17(26)12-14(18)3-5-20(19)21(23)13-15(22(23)27)11-16-8-10-24-25(16)2/h4,6,8,10-12,19-22,26-27H,3,5,7,9,13H2,1-2H3. The number of benzene rings is 1. The first-order valence-electron chi connectivity index (χ1n) is 10.2. The lowest BCUT2D eigenvalue weighted by Crippen LogP contribution is -2.44. The van der Waals surface area contributed by atoms with Crippen molar-refractivity contribution in [3.63, 3.8) is 0 Å². The van der Waals surface area contributed by atoms with Crippen LogP contribution in [0.5, 0.6) is 5.75 Å². The third kappa shape index (κ3) is 2.49.